The van der Waals surface area contributed by atoms with E-state index in [1.165, 1.54) is 36.9 Å². The van der Waals surface area contributed by atoms with Crippen LogP contribution >= 0.6 is 0 Å². The Hall–Kier alpha value is -2.08. The molecule has 0 spiro atoms. The number of carbonyl (C=O) groups is 2. The molecule has 6 heteroatoms. The molecule has 6 nitrogen and oxygen atoms in total. The Labute approximate surface area is 143 Å². The fourth-order valence-corrected chi connectivity index (χ4v) is 2.81. The summed E-state index contributed by atoms with van der Waals surface area (Å²) in [5.74, 6) is -3.65. The average molecular weight is 336 g/mol. The summed E-state index contributed by atoms with van der Waals surface area (Å²) in [6.07, 6.45) is 5.52. The largest absolute Gasteiger partial charge is 0.473 e. The normalized spacial score (nSPS) is 13.9. The van der Waals surface area contributed by atoms with Crippen LogP contribution in [0.3, 0.4) is 0 Å². The first-order valence-electron chi connectivity index (χ1n) is 8.51. The number of nitrogens with zero attached hydrogens (tertiary/aromatic N) is 1. The minimum absolute atomic E-state index is 0.757. The van der Waals surface area contributed by atoms with Crippen LogP contribution in [0.15, 0.2) is 24.3 Å². The van der Waals surface area contributed by atoms with E-state index in [2.05, 4.69) is 48.3 Å². The van der Waals surface area contributed by atoms with Gasteiger partial charge < -0.3 is 20.4 Å². The molecule has 1 saturated carbocycles. The van der Waals surface area contributed by atoms with Gasteiger partial charge >= 0.3 is 11.9 Å². The van der Waals surface area contributed by atoms with E-state index >= 15 is 0 Å². The van der Waals surface area contributed by atoms with E-state index in [1.807, 2.05) is 0 Å². The number of rotatable bonds is 6. The quantitative estimate of drug-likeness (QED) is 0.692. The molecule has 0 heterocycles. The molecule has 1 fully saturated rings. The highest BCUT2D eigenvalue weighted by atomic mass is 16.4. The van der Waals surface area contributed by atoms with Crippen molar-refractivity contribution in [1.82, 2.24) is 5.32 Å². The Bertz CT molecular complexity index is 494. The third-order valence-electron chi connectivity index (χ3n) is 4.20. The summed E-state index contributed by atoms with van der Waals surface area (Å²) in [5, 5.41) is 18.4. The van der Waals surface area contributed by atoms with Crippen LogP contribution < -0.4 is 10.2 Å². The third-order valence-corrected chi connectivity index (χ3v) is 4.20. The molecular formula is C18H28N2O4. The first-order valence-corrected chi connectivity index (χ1v) is 8.51. The van der Waals surface area contributed by atoms with Gasteiger partial charge in [0.15, 0.2) is 0 Å². The van der Waals surface area contributed by atoms with Crippen molar-refractivity contribution >= 4 is 17.6 Å². The maximum atomic E-state index is 9.10. The van der Waals surface area contributed by atoms with Gasteiger partial charge in [0.05, 0.1) is 0 Å². The van der Waals surface area contributed by atoms with E-state index in [1.54, 1.807) is 0 Å². The third kappa shape index (κ3) is 7.00. The number of carboxylic acid groups (broad SMARTS) is 2. The van der Waals surface area contributed by atoms with Gasteiger partial charge in [-0.15, -0.1) is 0 Å². The van der Waals surface area contributed by atoms with Crippen LogP contribution in [0.5, 0.6) is 0 Å². The molecule has 0 radical (unpaired) electrons. The highest BCUT2D eigenvalue weighted by molar-refractivity contribution is 6.27. The van der Waals surface area contributed by atoms with Crippen LogP contribution in [0.1, 0.15) is 45.1 Å². The molecule has 0 aromatic heterocycles. The zero-order chi connectivity index (χ0) is 17.9. The topological polar surface area (TPSA) is 89.9 Å². The SMILES string of the molecule is CCN(CC)c1ccc(CNC2CCCC2)cc1.O=C(O)C(=O)O. The van der Waals surface area contributed by atoms with Crippen molar-refractivity contribution in [3.05, 3.63) is 29.8 Å². The van der Waals surface area contributed by atoms with Crippen LogP contribution in [0.2, 0.25) is 0 Å². The molecule has 134 valence electrons. The zero-order valence-electron chi connectivity index (χ0n) is 14.5. The highest BCUT2D eigenvalue weighted by Crippen LogP contribution is 2.19. The molecule has 0 unspecified atom stereocenters. The molecule has 1 aliphatic carbocycles. The summed E-state index contributed by atoms with van der Waals surface area (Å²) in [4.78, 5) is 20.6. The summed E-state index contributed by atoms with van der Waals surface area (Å²) in [6.45, 7) is 7.59. The van der Waals surface area contributed by atoms with Crippen molar-refractivity contribution in [2.24, 2.45) is 0 Å². The first kappa shape index (κ1) is 20.0. The predicted molar refractivity (Wildman–Crippen MR) is 94.4 cm³/mol. The standard InChI is InChI=1S/C16H26N2.C2H2O4/c1-3-18(4-2)16-11-9-14(10-12-16)13-17-15-7-5-6-8-15;3-1(4)2(5)6/h9-12,15,17H,3-8,13H2,1-2H3;(H,3,4)(H,5,6). The van der Waals surface area contributed by atoms with E-state index in [-0.39, 0.29) is 0 Å². The van der Waals surface area contributed by atoms with Gasteiger partial charge in [-0.05, 0) is 44.4 Å². The van der Waals surface area contributed by atoms with Crippen molar-refractivity contribution < 1.29 is 19.8 Å². The van der Waals surface area contributed by atoms with E-state index < -0.39 is 11.9 Å². The Morgan fingerprint density at radius 3 is 1.96 bits per heavy atom. The number of hydrogen-bond donors (Lipinski definition) is 3. The highest BCUT2D eigenvalue weighted by Gasteiger charge is 2.13. The average Bonchev–Trinajstić information content (AvgIpc) is 3.09. The van der Waals surface area contributed by atoms with Crippen molar-refractivity contribution in [3.8, 4) is 0 Å². The number of benzene rings is 1. The van der Waals surface area contributed by atoms with Crippen molar-refractivity contribution in [2.45, 2.75) is 52.1 Å². The fraction of sp³-hybridized carbons (Fsp3) is 0.556. The van der Waals surface area contributed by atoms with Crippen molar-refractivity contribution in [3.63, 3.8) is 0 Å². The molecule has 0 saturated heterocycles. The van der Waals surface area contributed by atoms with Gasteiger partial charge in [-0.25, -0.2) is 9.59 Å². The van der Waals surface area contributed by atoms with Gasteiger partial charge in [-0.3, -0.25) is 0 Å². The van der Waals surface area contributed by atoms with Gasteiger partial charge in [0, 0.05) is 31.4 Å². The summed E-state index contributed by atoms with van der Waals surface area (Å²) in [6, 6.07) is 9.77. The second kappa shape index (κ2) is 10.6. The van der Waals surface area contributed by atoms with E-state index in [0.29, 0.717) is 0 Å². The zero-order valence-corrected chi connectivity index (χ0v) is 14.5. The Morgan fingerprint density at radius 1 is 1.04 bits per heavy atom. The number of aliphatic carboxylic acids is 2. The van der Waals surface area contributed by atoms with Crippen LogP contribution in [0, 0.1) is 0 Å². The second-order valence-electron chi connectivity index (χ2n) is 5.81. The number of anilines is 1. The Kier molecular flexibility index (Phi) is 8.86. The predicted octanol–water partition coefficient (Wildman–Crippen LogP) is 2.72. The van der Waals surface area contributed by atoms with E-state index in [4.69, 9.17) is 19.8 Å². The lowest BCUT2D eigenvalue weighted by molar-refractivity contribution is -0.159. The molecule has 24 heavy (non-hydrogen) atoms. The number of nitrogens with one attached hydrogen (secondary N) is 1. The summed E-state index contributed by atoms with van der Waals surface area (Å²) in [5.41, 5.74) is 2.74. The number of carboxylic acids is 2. The molecular weight excluding hydrogens is 308 g/mol. The van der Waals surface area contributed by atoms with Crippen LogP contribution in [0.25, 0.3) is 0 Å². The fourth-order valence-electron chi connectivity index (χ4n) is 2.81. The lowest BCUT2D eigenvalue weighted by atomic mass is 10.1. The van der Waals surface area contributed by atoms with Crippen molar-refractivity contribution in [2.75, 3.05) is 18.0 Å². The summed E-state index contributed by atoms with van der Waals surface area (Å²) in [7, 11) is 0. The molecule has 0 aliphatic heterocycles. The van der Waals surface area contributed by atoms with E-state index in [9.17, 15) is 0 Å². The Balaban J connectivity index is 0.000000413. The minimum Gasteiger partial charge on any atom is -0.473 e. The number of hydrogen-bond acceptors (Lipinski definition) is 4. The summed E-state index contributed by atoms with van der Waals surface area (Å²) >= 11 is 0. The lowest BCUT2D eigenvalue weighted by Gasteiger charge is -2.21. The van der Waals surface area contributed by atoms with Crippen molar-refractivity contribution in [1.29, 1.82) is 0 Å². The molecule has 0 atom stereocenters. The van der Waals surface area contributed by atoms with Gasteiger partial charge in [0.25, 0.3) is 0 Å². The molecule has 1 aliphatic rings. The second-order valence-corrected chi connectivity index (χ2v) is 5.81. The molecule has 3 N–H and O–H groups in total. The smallest absolute Gasteiger partial charge is 0.414 e. The van der Waals surface area contributed by atoms with Crippen LogP contribution in [-0.2, 0) is 16.1 Å². The minimum atomic E-state index is -1.82. The Morgan fingerprint density at radius 2 is 1.54 bits per heavy atom. The molecule has 1 aromatic carbocycles. The monoisotopic (exact) mass is 336 g/mol. The van der Waals surface area contributed by atoms with Crippen LogP contribution in [-0.4, -0.2) is 41.3 Å². The van der Waals surface area contributed by atoms with Gasteiger partial charge in [0.2, 0.25) is 0 Å². The maximum absolute atomic E-state index is 9.10. The molecule has 0 amide bonds. The summed E-state index contributed by atoms with van der Waals surface area (Å²) < 4.78 is 0. The van der Waals surface area contributed by atoms with Gasteiger partial charge in [-0.1, -0.05) is 25.0 Å². The van der Waals surface area contributed by atoms with Crippen LogP contribution in [0.4, 0.5) is 5.69 Å². The van der Waals surface area contributed by atoms with E-state index in [0.717, 1.165) is 25.7 Å². The molecule has 1 aromatic rings. The lowest BCUT2D eigenvalue weighted by Crippen LogP contribution is -2.25. The van der Waals surface area contributed by atoms with Gasteiger partial charge in [0.1, 0.15) is 0 Å². The maximum Gasteiger partial charge on any atom is 0.414 e. The van der Waals surface area contributed by atoms with Gasteiger partial charge in [-0.2, -0.15) is 0 Å². The first-order chi connectivity index (χ1) is 11.5. The molecule has 2 rings (SSSR count). The molecule has 0 bridgehead atoms.